The van der Waals surface area contributed by atoms with E-state index in [9.17, 15) is 9.90 Å². The molecule has 0 fully saturated rings. The van der Waals surface area contributed by atoms with Crippen LogP contribution in [0.2, 0.25) is 0 Å². The smallest absolute Gasteiger partial charge is 0.306 e. The van der Waals surface area contributed by atoms with Crippen molar-refractivity contribution in [1.82, 2.24) is 0 Å². The van der Waals surface area contributed by atoms with Crippen LogP contribution in [0.4, 0.5) is 0 Å². The molecule has 0 amide bonds. The molecule has 0 saturated heterocycles. The van der Waals surface area contributed by atoms with Crippen molar-refractivity contribution in [2.45, 2.75) is 219 Å². The predicted molar refractivity (Wildman–Crippen MR) is 228 cm³/mol. The van der Waals surface area contributed by atoms with E-state index in [2.05, 4.69) is 74.6 Å². The van der Waals surface area contributed by atoms with Crippen molar-refractivity contribution >= 4 is 5.97 Å². The lowest BCUT2D eigenvalue weighted by molar-refractivity contribution is -0.154. The largest absolute Gasteiger partial charge is 0.457 e. The summed E-state index contributed by atoms with van der Waals surface area (Å²) in [5.74, 6) is -0.211. The highest BCUT2D eigenvalue weighted by atomic mass is 16.6. The molecule has 0 bridgehead atoms. The van der Waals surface area contributed by atoms with Crippen LogP contribution >= 0.6 is 0 Å². The number of aliphatic hydroxyl groups excluding tert-OH is 1. The molecule has 0 radical (unpaired) electrons. The zero-order chi connectivity index (χ0) is 37.7. The standard InChI is InChI=1S/C48H86O4/c1-3-5-7-9-11-13-15-17-19-21-22-23-24-25-26-27-29-31-33-35-37-39-41-43-48(50)52-47(45-49)46-51-44-42-40-38-36-34-32-30-28-20-18-16-14-12-10-8-6-4-2/h5,7,11,13,17,19,22-23,25-26,47,49H,3-4,6,8-10,12,14-16,18,20-21,24,27-46H2,1-2H3/b7-5-,13-11-,19-17-,23-22-,26-25-. The first-order valence-corrected chi connectivity index (χ1v) is 22.4. The third-order valence-electron chi connectivity index (χ3n) is 9.61. The molecule has 1 atom stereocenters. The molecule has 0 aromatic carbocycles. The number of unbranched alkanes of at least 4 members (excludes halogenated alkanes) is 23. The van der Waals surface area contributed by atoms with Crippen LogP contribution in [0.5, 0.6) is 0 Å². The van der Waals surface area contributed by atoms with Gasteiger partial charge in [-0.1, -0.05) is 209 Å². The molecule has 0 aliphatic carbocycles. The Labute approximate surface area is 324 Å². The van der Waals surface area contributed by atoms with Gasteiger partial charge in [-0.25, -0.2) is 0 Å². The van der Waals surface area contributed by atoms with Crippen LogP contribution in [0.25, 0.3) is 0 Å². The first-order chi connectivity index (χ1) is 25.7. The maximum absolute atomic E-state index is 12.2. The fourth-order valence-electron chi connectivity index (χ4n) is 6.30. The van der Waals surface area contributed by atoms with E-state index in [0.717, 1.165) is 57.8 Å². The summed E-state index contributed by atoms with van der Waals surface area (Å²) in [5, 5.41) is 9.61. The van der Waals surface area contributed by atoms with E-state index in [0.29, 0.717) is 19.6 Å². The number of esters is 1. The van der Waals surface area contributed by atoms with E-state index in [1.165, 1.54) is 135 Å². The number of ether oxygens (including phenoxy) is 2. The van der Waals surface area contributed by atoms with Crippen LogP contribution < -0.4 is 0 Å². The number of rotatable bonds is 41. The molecule has 52 heavy (non-hydrogen) atoms. The van der Waals surface area contributed by atoms with Crippen LogP contribution in [0, 0.1) is 0 Å². The number of aliphatic hydroxyl groups is 1. The minimum absolute atomic E-state index is 0.176. The lowest BCUT2D eigenvalue weighted by Gasteiger charge is -2.16. The van der Waals surface area contributed by atoms with E-state index in [4.69, 9.17) is 9.47 Å². The average Bonchev–Trinajstić information content (AvgIpc) is 3.15. The summed E-state index contributed by atoms with van der Waals surface area (Å²) in [6.07, 6.45) is 60.0. The Balaban J connectivity index is 3.47. The molecule has 0 heterocycles. The number of carbonyl (C=O) groups excluding carboxylic acids is 1. The molecule has 0 aliphatic rings. The fourth-order valence-corrected chi connectivity index (χ4v) is 6.30. The minimum Gasteiger partial charge on any atom is -0.457 e. The third kappa shape index (κ3) is 42.5. The SMILES string of the molecule is CC/C=C\C/C=C\C/C=C\C/C=C\C/C=C\CCCCCCCCCC(=O)OC(CO)COCCCCCCCCCCCCCCCCCCC. The Bertz CT molecular complexity index is 854. The summed E-state index contributed by atoms with van der Waals surface area (Å²) in [6, 6.07) is 0. The van der Waals surface area contributed by atoms with Gasteiger partial charge in [-0.05, 0) is 57.8 Å². The Hall–Kier alpha value is -1.91. The average molecular weight is 727 g/mol. The van der Waals surface area contributed by atoms with Gasteiger partial charge in [-0.3, -0.25) is 4.79 Å². The van der Waals surface area contributed by atoms with Crippen molar-refractivity contribution < 1.29 is 19.4 Å². The number of carbonyl (C=O) groups is 1. The second-order valence-corrected chi connectivity index (χ2v) is 14.7. The molecular weight excluding hydrogens is 641 g/mol. The molecule has 0 rings (SSSR count). The molecule has 0 aromatic rings. The Morgan fingerprint density at radius 3 is 1.31 bits per heavy atom. The zero-order valence-corrected chi connectivity index (χ0v) is 34.6. The van der Waals surface area contributed by atoms with Crippen molar-refractivity contribution in [2.75, 3.05) is 19.8 Å². The van der Waals surface area contributed by atoms with Gasteiger partial charge in [0.25, 0.3) is 0 Å². The van der Waals surface area contributed by atoms with Gasteiger partial charge < -0.3 is 14.6 Å². The summed E-state index contributed by atoms with van der Waals surface area (Å²) >= 11 is 0. The van der Waals surface area contributed by atoms with Crippen molar-refractivity contribution in [3.05, 3.63) is 60.8 Å². The maximum Gasteiger partial charge on any atom is 0.306 e. The van der Waals surface area contributed by atoms with E-state index in [1.54, 1.807) is 0 Å². The Morgan fingerprint density at radius 2 is 0.865 bits per heavy atom. The van der Waals surface area contributed by atoms with Gasteiger partial charge >= 0.3 is 5.97 Å². The van der Waals surface area contributed by atoms with Gasteiger partial charge in [0.15, 0.2) is 0 Å². The monoisotopic (exact) mass is 727 g/mol. The first kappa shape index (κ1) is 50.1. The number of hydrogen-bond donors (Lipinski definition) is 1. The predicted octanol–water partition coefficient (Wildman–Crippen LogP) is 14.8. The molecule has 4 nitrogen and oxygen atoms in total. The third-order valence-corrected chi connectivity index (χ3v) is 9.61. The zero-order valence-electron chi connectivity index (χ0n) is 34.6. The van der Waals surface area contributed by atoms with Gasteiger partial charge in [-0.2, -0.15) is 0 Å². The molecular formula is C48H86O4. The van der Waals surface area contributed by atoms with E-state index >= 15 is 0 Å². The minimum atomic E-state index is -0.541. The maximum atomic E-state index is 12.2. The van der Waals surface area contributed by atoms with Crippen molar-refractivity contribution in [3.8, 4) is 0 Å². The van der Waals surface area contributed by atoms with Crippen LogP contribution in [0.3, 0.4) is 0 Å². The summed E-state index contributed by atoms with van der Waals surface area (Å²) < 4.78 is 11.2. The van der Waals surface area contributed by atoms with Crippen molar-refractivity contribution in [2.24, 2.45) is 0 Å². The van der Waals surface area contributed by atoms with Gasteiger partial charge in [0.2, 0.25) is 0 Å². The quantitative estimate of drug-likeness (QED) is 0.0387. The van der Waals surface area contributed by atoms with Crippen LogP contribution in [0.15, 0.2) is 60.8 Å². The van der Waals surface area contributed by atoms with Gasteiger partial charge in [-0.15, -0.1) is 0 Å². The van der Waals surface area contributed by atoms with Crippen LogP contribution in [-0.2, 0) is 14.3 Å². The van der Waals surface area contributed by atoms with Gasteiger partial charge in [0, 0.05) is 13.0 Å². The lowest BCUT2D eigenvalue weighted by Crippen LogP contribution is -2.27. The summed E-state index contributed by atoms with van der Waals surface area (Å²) in [5.41, 5.74) is 0. The lowest BCUT2D eigenvalue weighted by atomic mass is 10.0. The Kier molecular flexibility index (Phi) is 43.6. The first-order valence-electron chi connectivity index (χ1n) is 22.4. The molecule has 0 aromatic heterocycles. The topological polar surface area (TPSA) is 55.8 Å². The Morgan fingerprint density at radius 1 is 0.481 bits per heavy atom. The molecule has 1 N–H and O–H groups in total. The van der Waals surface area contributed by atoms with Crippen LogP contribution in [0.1, 0.15) is 213 Å². The molecule has 0 spiro atoms. The van der Waals surface area contributed by atoms with E-state index < -0.39 is 6.10 Å². The van der Waals surface area contributed by atoms with Crippen molar-refractivity contribution in [3.63, 3.8) is 0 Å². The van der Waals surface area contributed by atoms with Crippen molar-refractivity contribution in [1.29, 1.82) is 0 Å². The molecule has 302 valence electrons. The van der Waals surface area contributed by atoms with Gasteiger partial charge in [0.05, 0.1) is 13.2 Å². The second-order valence-electron chi connectivity index (χ2n) is 14.7. The fraction of sp³-hybridized carbons (Fsp3) is 0.771. The normalized spacial score (nSPS) is 12.9. The molecule has 0 saturated carbocycles. The van der Waals surface area contributed by atoms with E-state index in [1.807, 2.05) is 0 Å². The number of allylic oxidation sites excluding steroid dienone is 10. The highest BCUT2D eigenvalue weighted by Gasteiger charge is 2.13. The van der Waals surface area contributed by atoms with Gasteiger partial charge in [0.1, 0.15) is 6.10 Å². The summed E-state index contributed by atoms with van der Waals surface area (Å²) in [7, 11) is 0. The molecule has 0 aliphatic heterocycles. The second kappa shape index (κ2) is 45.2. The van der Waals surface area contributed by atoms with E-state index in [-0.39, 0.29) is 12.6 Å². The highest BCUT2D eigenvalue weighted by molar-refractivity contribution is 5.69. The summed E-state index contributed by atoms with van der Waals surface area (Å²) in [6.45, 7) is 5.24. The molecule has 1 unspecified atom stereocenters. The van der Waals surface area contributed by atoms with Crippen LogP contribution in [-0.4, -0.2) is 37.0 Å². The number of hydrogen-bond acceptors (Lipinski definition) is 4. The summed E-state index contributed by atoms with van der Waals surface area (Å²) in [4.78, 5) is 12.2. The molecule has 4 heteroatoms. The highest BCUT2D eigenvalue weighted by Crippen LogP contribution is 2.15.